The smallest absolute Gasteiger partial charge is 0.319 e. The summed E-state index contributed by atoms with van der Waals surface area (Å²) >= 11 is 0. The molecule has 0 aliphatic carbocycles. The van der Waals surface area contributed by atoms with Crippen molar-refractivity contribution in [3.8, 4) is 0 Å². The van der Waals surface area contributed by atoms with Crippen molar-refractivity contribution >= 4 is 39.0 Å². The van der Waals surface area contributed by atoms with E-state index in [-0.39, 0.29) is 23.7 Å². The van der Waals surface area contributed by atoms with Gasteiger partial charge < -0.3 is 16.0 Å². The lowest BCUT2D eigenvalue weighted by Crippen LogP contribution is -2.34. The average molecular weight is 417 g/mol. The zero-order chi connectivity index (χ0) is 21.0. The molecule has 3 amide bonds. The van der Waals surface area contributed by atoms with Crippen molar-refractivity contribution in [1.29, 1.82) is 0 Å². The lowest BCUT2D eigenvalue weighted by molar-refractivity contribution is 0.102. The van der Waals surface area contributed by atoms with Crippen LogP contribution in [0.3, 0.4) is 0 Å². The molecule has 8 nitrogen and oxygen atoms in total. The van der Waals surface area contributed by atoms with Crippen LogP contribution in [0.5, 0.6) is 0 Å². The van der Waals surface area contributed by atoms with E-state index in [0.29, 0.717) is 35.6 Å². The zero-order valence-corrected chi connectivity index (χ0v) is 17.1. The van der Waals surface area contributed by atoms with Crippen molar-refractivity contribution < 1.29 is 18.0 Å². The SMILES string of the molecule is CC(C)NC(=O)Nc1ccccc1NC(=O)c1ccc(N2CCCS2(=O)=O)cc1. The first-order valence-corrected chi connectivity index (χ1v) is 11.0. The Balaban J connectivity index is 1.72. The first-order valence-electron chi connectivity index (χ1n) is 9.34. The minimum absolute atomic E-state index is 0.0188. The number of sulfonamides is 1. The normalized spacial score (nSPS) is 15.2. The van der Waals surface area contributed by atoms with E-state index in [1.165, 1.54) is 4.31 Å². The fraction of sp³-hybridized carbons (Fsp3) is 0.300. The van der Waals surface area contributed by atoms with Crippen molar-refractivity contribution in [2.75, 3.05) is 27.2 Å². The van der Waals surface area contributed by atoms with Gasteiger partial charge in [0, 0.05) is 18.2 Å². The van der Waals surface area contributed by atoms with Gasteiger partial charge in [0.2, 0.25) is 10.0 Å². The minimum Gasteiger partial charge on any atom is -0.336 e. The van der Waals surface area contributed by atoms with Gasteiger partial charge >= 0.3 is 6.03 Å². The van der Waals surface area contributed by atoms with Gasteiger partial charge in [-0.2, -0.15) is 0 Å². The molecule has 9 heteroatoms. The van der Waals surface area contributed by atoms with Gasteiger partial charge in [0.05, 0.1) is 22.8 Å². The number of carbonyl (C=O) groups excluding carboxylic acids is 2. The zero-order valence-electron chi connectivity index (χ0n) is 16.3. The fourth-order valence-electron chi connectivity index (χ4n) is 3.02. The van der Waals surface area contributed by atoms with E-state index < -0.39 is 10.0 Å². The summed E-state index contributed by atoms with van der Waals surface area (Å²) in [5, 5.41) is 8.22. The van der Waals surface area contributed by atoms with Crippen LogP contribution in [0, 0.1) is 0 Å². The molecule has 1 heterocycles. The number of carbonyl (C=O) groups is 2. The van der Waals surface area contributed by atoms with E-state index in [2.05, 4.69) is 16.0 Å². The molecule has 0 radical (unpaired) electrons. The van der Waals surface area contributed by atoms with E-state index >= 15 is 0 Å². The number of hydrogen-bond donors (Lipinski definition) is 3. The van der Waals surface area contributed by atoms with Crippen LogP contribution in [0.15, 0.2) is 48.5 Å². The second-order valence-electron chi connectivity index (χ2n) is 7.04. The maximum atomic E-state index is 12.6. The molecule has 0 saturated carbocycles. The Kier molecular flexibility index (Phi) is 6.07. The van der Waals surface area contributed by atoms with Crippen LogP contribution in [0.25, 0.3) is 0 Å². The molecule has 3 N–H and O–H groups in total. The molecule has 1 aliphatic heterocycles. The lowest BCUT2D eigenvalue weighted by atomic mass is 10.1. The van der Waals surface area contributed by atoms with Gasteiger partial charge in [-0.15, -0.1) is 0 Å². The first kappa shape index (κ1) is 20.7. The molecule has 29 heavy (non-hydrogen) atoms. The van der Waals surface area contributed by atoms with Crippen molar-refractivity contribution in [3.63, 3.8) is 0 Å². The summed E-state index contributed by atoms with van der Waals surface area (Å²) in [6, 6.07) is 12.9. The molecule has 0 bridgehead atoms. The predicted octanol–water partition coefficient (Wildman–Crippen LogP) is 3.01. The van der Waals surface area contributed by atoms with Gasteiger partial charge in [0.15, 0.2) is 0 Å². The minimum atomic E-state index is -3.26. The van der Waals surface area contributed by atoms with Crippen LogP contribution in [0.2, 0.25) is 0 Å². The molecule has 0 spiro atoms. The number of rotatable bonds is 5. The van der Waals surface area contributed by atoms with Crippen LogP contribution in [0.1, 0.15) is 30.6 Å². The second-order valence-corrected chi connectivity index (χ2v) is 9.05. The summed E-state index contributed by atoms with van der Waals surface area (Å²) < 4.78 is 25.4. The van der Waals surface area contributed by atoms with Crippen molar-refractivity contribution in [2.45, 2.75) is 26.3 Å². The Bertz CT molecular complexity index is 1000. The molecule has 1 aliphatic rings. The quantitative estimate of drug-likeness (QED) is 0.696. The van der Waals surface area contributed by atoms with Crippen LogP contribution in [0.4, 0.5) is 21.9 Å². The van der Waals surface area contributed by atoms with Crippen molar-refractivity contribution in [2.24, 2.45) is 0 Å². The van der Waals surface area contributed by atoms with E-state index in [1.54, 1.807) is 48.5 Å². The number of para-hydroxylation sites is 2. The molecule has 0 unspecified atom stereocenters. The Morgan fingerprint density at radius 2 is 1.59 bits per heavy atom. The summed E-state index contributed by atoms with van der Waals surface area (Å²) in [4.78, 5) is 24.6. The largest absolute Gasteiger partial charge is 0.336 e. The van der Waals surface area contributed by atoms with Gasteiger partial charge in [0.25, 0.3) is 5.91 Å². The molecule has 1 saturated heterocycles. The number of hydrogen-bond acceptors (Lipinski definition) is 4. The third-order valence-corrected chi connectivity index (χ3v) is 6.23. The van der Waals surface area contributed by atoms with Gasteiger partial charge in [-0.1, -0.05) is 12.1 Å². The predicted molar refractivity (Wildman–Crippen MR) is 114 cm³/mol. The summed E-state index contributed by atoms with van der Waals surface area (Å²) in [6.07, 6.45) is 0.596. The molecular weight excluding hydrogens is 392 g/mol. The molecule has 0 aromatic heterocycles. The summed E-state index contributed by atoms with van der Waals surface area (Å²) in [6.45, 7) is 4.15. The highest BCUT2D eigenvalue weighted by atomic mass is 32.2. The third kappa shape index (κ3) is 5.05. The van der Waals surface area contributed by atoms with Crippen LogP contribution < -0.4 is 20.3 Å². The van der Waals surface area contributed by atoms with Crippen molar-refractivity contribution in [1.82, 2.24) is 5.32 Å². The summed E-state index contributed by atoms with van der Waals surface area (Å²) in [5.74, 6) is -0.219. The number of benzene rings is 2. The Hall–Kier alpha value is -3.07. The number of amides is 3. The lowest BCUT2D eigenvalue weighted by Gasteiger charge is -2.17. The standard InChI is InChI=1S/C20H24N4O4S/c1-14(2)21-20(26)23-18-7-4-3-6-17(18)22-19(25)15-8-10-16(11-9-15)24-12-5-13-29(24,27)28/h3-4,6-11,14H,5,12-13H2,1-2H3,(H,22,25)(H2,21,23,26). The molecule has 2 aromatic carbocycles. The summed E-state index contributed by atoms with van der Waals surface area (Å²) in [5.41, 5.74) is 1.86. The number of nitrogens with zero attached hydrogens (tertiary/aromatic N) is 1. The van der Waals surface area contributed by atoms with Gasteiger partial charge in [-0.25, -0.2) is 13.2 Å². The first-order chi connectivity index (χ1) is 13.8. The van der Waals surface area contributed by atoms with E-state index in [9.17, 15) is 18.0 Å². The Morgan fingerprint density at radius 3 is 2.14 bits per heavy atom. The van der Waals surface area contributed by atoms with Crippen molar-refractivity contribution in [3.05, 3.63) is 54.1 Å². The van der Waals surface area contributed by atoms with Crippen LogP contribution in [-0.2, 0) is 10.0 Å². The highest BCUT2D eigenvalue weighted by Gasteiger charge is 2.28. The fourth-order valence-corrected chi connectivity index (χ4v) is 4.59. The average Bonchev–Trinajstić information content (AvgIpc) is 3.02. The molecule has 2 aromatic rings. The molecule has 0 atom stereocenters. The maximum Gasteiger partial charge on any atom is 0.319 e. The highest BCUT2D eigenvalue weighted by Crippen LogP contribution is 2.25. The number of nitrogens with one attached hydrogen (secondary N) is 3. The topological polar surface area (TPSA) is 108 Å². The monoisotopic (exact) mass is 416 g/mol. The van der Waals surface area contributed by atoms with E-state index in [1.807, 2.05) is 13.8 Å². The summed E-state index contributed by atoms with van der Waals surface area (Å²) in [7, 11) is -3.26. The van der Waals surface area contributed by atoms with Crippen LogP contribution in [-0.4, -0.2) is 38.7 Å². The molecule has 3 rings (SSSR count). The third-order valence-electron chi connectivity index (χ3n) is 4.36. The maximum absolute atomic E-state index is 12.6. The van der Waals surface area contributed by atoms with E-state index in [0.717, 1.165) is 0 Å². The Labute approximate surface area is 170 Å². The number of urea groups is 1. The molecule has 154 valence electrons. The molecular formula is C20H24N4O4S. The van der Waals surface area contributed by atoms with Gasteiger partial charge in [0.1, 0.15) is 0 Å². The highest BCUT2D eigenvalue weighted by molar-refractivity contribution is 7.93. The van der Waals surface area contributed by atoms with Crippen LogP contribution >= 0.6 is 0 Å². The van der Waals surface area contributed by atoms with Gasteiger partial charge in [-0.05, 0) is 56.7 Å². The molecule has 1 fully saturated rings. The Morgan fingerprint density at radius 1 is 0.966 bits per heavy atom. The second kappa shape index (κ2) is 8.52. The van der Waals surface area contributed by atoms with Gasteiger partial charge in [-0.3, -0.25) is 9.10 Å². The number of anilines is 3. The van der Waals surface area contributed by atoms with E-state index in [4.69, 9.17) is 0 Å².